The second-order valence-electron chi connectivity index (χ2n) is 6.90. The van der Waals surface area contributed by atoms with E-state index in [0.717, 1.165) is 29.1 Å². The van der Waals surface area contributed by atoms with Gasteiger partial charge in [-0.3, -0.25) is 4.79 Å². The monoisotopic (exact) mass is 374 g/mol. The number of carbonyl (C=O) groups excluding carboxylic acids is 1. The third-order valence-electron chi connectivity index (χ3n) is 4.81. The molecular formula is C23H26N4O. The lowest BCUT2D eigenvalue weighted by Crippen LogP contribution is -2.26. The highest BCUT2D eigenvalue weighted by Crippen LogP contribution is 2.20. The number of aromatic nitrogens is 2. The summed E-state index contributed by atoms with van der Waals surface area (Å²) >= 11 is 0. The van der Waals surface area contributed by atoms with E-state index in [-0.39, 0.29) is 5.91 Å². The minimum absolute atomic E-state index is 0.226. The molecule has 0 atom stereocenters. The third-order valence-corrected chi connectivity index (χ3v) is 4.81. The molecule has 0 saturated carbocycles. The van der Waals surface area contributed by atoms with E-state index in [1.807, 2.05) is 57.2 Å². The molecule has 1 amide bonds. The van der Waals surface area contributed by atoms with Crippen molar-refractivity contribution in [3.05, 3.63) is 82.7 Å². The molecule has 0 radical (unpaired) electrons. The van der Waals surface area contributed by atoms with Crippen LogP contribution in [0, 0.1) is 20.8 Å². The fourth-order valence-electron chi connectivity index (χ4n) is 3.01. The van der Waals surface area contributed by atoms with Crippen LogP contribution in [0.15, 0.2) is 54.6 Å². The van der Waals surface area contributed by atoms with Crippen molar-refractivity contribution in [1.29, 1.82) is 0 Å². The van der Waals surface area contributed by atoms with Crippen LogP contribution in [0.2, 0.25) is 0 Å². The topological polar surface area (TPSA) is 58.1 Å². The summed E-state index contributed by atoms with van der Waals surface area (Å²) < 4.78 is 0. The summed E-state index contributed by atoms with van der Waals surface area (Å²) in [7, 11) is 0. The molecule has 3 rings (SSSR count). The molecule has 0 aliphatic rings. The highest BCUT2D eigenvalue weighted by atomic mass is 16.1. The highest BCUT2D eigenvalue weighted by Gasteiger charge is 2.16. The number of carbonyl (C=O) groups is 1. The second kappa shape index (κ2) is 8.65. The van der Waals surface area contributed by atoms with Crippen LogP contribution in [-0.2, 0) is 6.54 Å². The summed E-state index contributed by atoms with van der Waals surface area (Å²) in [5.74, 6) is 0.341. The number of aryl methyl sites for hydroxylation is 2. The summed E-state index contributed by atoms with van der Waals surface area (Å²) in [5.41, 5.74) is 5.31. The van der Waals surface area contributed by atoms with Gasteiger partial charge in [0, 0.05) is 24.5 Å². The van der Waals surface area contributed by atoms with Gasteiger partial charge in [0.1, 0.15) is 5.69 Å². The number of amides is 1. The molecule has 5 nitrogen and oxygen atoms in total. The van der Waals surface area contributed by atoms with E-state index in [1.165, 1.54) is 5.56 Å². The Kier molecular flexibility index (Phi) is 6.04. The van der Waals surface area contributed by atoms with Crippen LogP contribution in [0.5, 0.6) is 0 Å². The Labute approximate surface area is 166 Å². The molecule has 0 spiro atoms. The minimum atomic E-state index is -0.226. The highest BCUT2D eigenvalue weighted by molar-refractivity contribution is 6.03. The van der Waals surface area contributed by atoms with Crippen LogP contribution < -0.4 is 10.2 Å². The van der Waals surface area contributed by atoms with Crippen LogP contribution in [0.3, 0.4) is 0 Å². The number of nitrogens with zero attached hydrogens (tertiary/aromatic N) is 3. The number of anilines is 2. The maximum Gasteiger partial charge on any atom is 0.274 e. The Bertz CT molecular complexity index is 970. The molecule has 0 saturated heterocycles. The lowest BCUT2D eigenvalue weighted by atomic mass is 10.1. The van der Waals surface area contributed by atoms with Gasteiger partial charge in [0.15, 0.2) is 0 Å². The minimum Gasteiger partial charge on any atom is -0.337 e. The van der Waals surface area contributed by atoms with Crippen molar-refractivity contribution in [2.24, 2.45) is 0 Å². The first-order valence-corrected chi connectivity index (χ1v) is 9.50. The van der Waals surface area contributed by atoms with E-state index in [1.54, 1.807) is 6.07 Å². The van der Waals surface area contributed by atoms with E-state index >= 15 is 0 Å². The maximum atomic E-state index is 12.8. The third kappa shape index (κ3) is 4.55. The number of nitrogens with one attached hydrogen (secondary N) is 1. The summed E-state index contributed by atoms with van der Waals surface area (Å²) in [4.78, 5) is 24.0. The standard InChI is InChI=1S/C23H26N4O/c1-5-27(15-19-11-7-6-8-12-19)23-24-17(3)14-21(26-23)22(28)25-20-13-9-10-16(2)18(20)4/h6-14H,5,15H2,1-4H3,(H,25,28). The second-order valence-corrected chi connectivity index (χ2v) is 6.90. The predicted octanol–water partition coefficient (Wildman–Crippen LogP) is 4.68. The smallest absolute Gasteiger partial charge is 0.274 e. The van der Waals surface area contributed by atoms with Crippen LogP contribution in [0.1, 0.15) is 39.8 Å². The van der Waals surface area contributed by atoms with Gasteiger partial charge in [0.2, 0.25) is 5.95 Å². The first-order valence-electron chi connectivity index (χ1n) is 9.50. The quantitative estimate of drug-likeness (QED) is 0.680. The normalized spacial score (nSPS) is 10.6. The number of rotatable bonds is 6. The largest absolute Gasteiger partial charge is 0.337 e. The average Bonchev–Trinajstić information content (AvgIpc) is 2.70. The summed E-state index contributed by atoms with van der Waals surface area (Å²) in [6, 6.07) is 17.8. The van der Waals surface area contributed by atoms with Crippen molar-refractivity contribution in [3.63, 3.8) is 0 Å². The molecule has 5 heteroatoms. The zero-order chi connectivity index (χ0) is 20.1. The maximum absolute atomic E-state index is 12.8. The molecule has 0 aliphatic carbocycles. The average molecular weight is 374 g/mol. The van der Waals surface area contributed by atoms with Gasteiger partial charge in [0.25, 0.3) is 5.91 Å². The molecule has 2 aromatic carbocycles. The van der Waals surface area contributed by atoms with Crippen molar-refractivity contribution in [1.82, 2.24) is 9.97 Å². The van der Waals surface area contributed by atoms with E-state index in [9.17, 15) is 4.79 Å². The molecule has 28 heavy (non-hydrogen) atoms. The Morgan fingerprint density at radius 2 is 1.75 bits per heavy atom. The Hall–Kier alpha value is -3.21. The Balaban J connectivity index is 1.85. The van der Waals surface area contributed by atoms with Gasteiger partial charge in [-0.25, -0.2) is 9.97 Å². The number of hydrogen-bond acceptors (Lipinski definition) is 4. The van der Waals surface area contributed by atoms with Crippen molar-refractivity contribution in [3.8, 4) is 0 Å². The molecule has 0 fully saturated rings. The predicted molar refractivity (Wildman–Crippen MR) is 114 cm³/mol. The van der Waals surface area contributed by atoms with Crippen LogP contribution in [0.25, 0.3) is 0 Å². The van der Waals surface area contributed by atoms with Gasteiger partial charge in [0.05, 0.1) is 0 Å². The zero-order valence-corrected chi connectivity index (χ0v) is 16.9. The molecule has 1 N–H and O–H groups in total. The van der Waals surface area contributed by atoms with Crippen LogP contribution in [-0.4, -0.2) is 22.4 Å². The lowest BCUT2D eigenvalue weighted by Gasteiger charge is -2.22. The molecular weight excluding hydrogens is 348 g/mol. The molecule has 1 aromatic heterocycles. The van der Waals surface area contributed by atoms with E-state index in [4.69, 9.17) is 0 Å². The first-order chi connectivity index (χ1) is 13.5. The summed E-state index contributed by atoms with van der Waals surface area (Å²) in [6.45, 7) is 9.41. The van der Waals surface area contributed by atoms with Crippen LogP contribution in [0.4, 0.5) is 11.6 Å². The fourth-order valence-corrected chi connectivity index (χ4v) is 3.01. The van der Waals surface area contributed by atoms with Gasteiger partial charge in [-0.1, -0.05) is 42.5 Å². The van der Waals surface area contributed by atoms with Crippen LogP contribution >= 0.6 is 0 Å². The SMILES string of the molecule is CCN(Cc1ccccc1)c1nc(C)cc(C(=O)Nc2cccc(C)c2C)n1. The van der Waals surface area contributed by atoms with E-state index in [0.29, 0.717) is 18.2 Å². The zero-order valence-electron chi connectivity index (χ0n) is 16.9. The molecule has 0 aliphatic heterocycles. The molecule has 3 aromatic rings. The number of benzene rings is 2. The Morgan fingerprint density at radius 3 is 2.46 bits per heavy atom. The van der Waals surface area contributed by atoms with Gasteiger partial charge in [-0.15, -0.1) is 0 Å². The van der Waals surface area contributed by atoms with Gasteiger partial charge >= 0.3 is 0 Å². The van der Waals surface area contributed by atoms with E-state index < -0.39 is 0 Å². The van der Waals surface area contributed by atoms with E-state index in [2.05, 4.69) is 39.2 Å². The Morgan fingerprint density at radius 1 is 1.00 bits per heavy atom. The van der Waals surface area contributed by atoms with Gasteiger partial charge in [-0.05, 0) is 56.5 Å². The molecule has 1 heterocycles. The molecule has 144 valence electrons. The summed E-state index contributed by atoms with van der Waals surface area (Å²) in [6.07, 6.45) is 0. The summed E-state index contributed by atoms with van der Waals surface area (Å²) in [5, 5.41) is 2.98. The fraction of sp³-hybridized carbons (Fsp3) is 0.261. The van der Waals surface area contributed by atoms with Gasteiger partial charge in [-0.2, -0.15) is 0 Å². The van der Waals surface area contributed by atoms with Crippen molar-refractivity contribution in [2.75, 3.05) is 16.8 Å². The molecule has 0 bridgehead atoms. The first kappa shape index (κ1) is 19.5. The van der Waals surface area contributed by atoms with Crippen molar-refractivity contribution < 1.29 is 4.79 Å². The number of hydrogen-bond donors (Lipinski definition) is 1. The van der Waals surface area contributed by atoms with Crippen molar-refractivity contribution >= 4 is 17.5 Å². The van der Waals surface area contributed by atoms with Crippen molar-refractivity contribution in [2.45, 2.75) is 34.2 Å². The molecule has 0 unspecified atom stereocenters. The van der Waals surface area contributed by atoms with Gasteiger partial charge < -0.3 is 10.2 Å². The lowest BCUT2D eigenvalue weighted by molar-refractivity contribution is 0.102.